The number of likely N-dealkylation sites (tertiary alicyclic amines) is 1. The van der Waals surface area contributed by atoms with Gasteiger partial charge in [0.1, 0.15) is 0 Å². The Morgan fingerprint density at radius 1 is 1.50 bits per heavy atom. The van der Waals surface area contributed by atoms with Crippen LogP contribution in [0.1, 0.15) is 12.8 Å². The van der Waals surface area contributed by atoms with Crippen molar-refractivity contribution in [2.45, 2.75) is 18.9 Å². The second kappa shape index (κ2) is 3.84. The predicted octanol–water partition coefficient (Wildman–Crippen LogP) is -1.32. The van der Waals surface area contributed by atoms with Crippen molar-refractivity contribution in [1.82, 2.24) is 10.3 Å². The molecule has 5 heteroatoms. The third-order valence-electron chi connectivity index (χ3n) is 3.42. The minimum Gasteiger partial charge on any atom is -0.393 e. The highest BCUT2D eigenvalue weighted by atomic mass is 16.3. The van der Waals surface area contributed by atoms with E-state index in [1.54, 1.807) is 0 Å². The fraction of sp³-hybridized carbons (Fsp3) is 0.889. The molecule has 2 aliphatic rings. The van der Waals surface area contributed by atoms with Gasteiger partial charge in [-0.15, -0.1) is 0 Å². The molecule has 1 aliphatic carbocycles. The maximum atomic E-state index is 11.0. The second-order valence-electron chi connectivity index (χ2n) is 4.33. The van der Waals surface area contributed by atoms with Gasteiger partial charge in [-0.25, -0.2) is 5.84 Å². The van der Waals surface area contributed by atoms with E-state index in [0.29, 0.717) is 18.4 Å². The molecule has 0 radical (unpaired) electrons. The summed E-state index contributed by atoms with van der Waals surface area (Å²) in [6.45, 7) is 2.12. The van der Waals surface area contributed by atoms with Gasteiger partial charge in [0.25, 0.3) is 0 Å². The number of carbonyl (C=O) groups is 1. The van der Waals surface area contributed by atoms with Crippen LogP contribution < -0.4 is 11.3 Å². The van der Waals surface area contributed by atoms with Gasteiger partial charge >= 0.3 is 0 Å². The Morgan fingerprint density at radius 2 is 2.29 bits per heavy atom. The fourth-order valence-electron chi connectivity index (χ4n) is 2.71. The molecule has 14 heavy (non-hydrogen) atoms. The fourth-order valence-corrected chi connectivity index (χ4v) is 2.71. The molecule has 1 heterocycles. The largest absolute Gasteiger partial charge is 0.393 e. The Hall–Kier alpha value is -0.650. The van der Waals surface area contributed by atoms with Crippen LogP contribution in [0.5, 0.6) is 0 Å². The average Bonchev–Trinajstić information content (AvgIpc) is 2.69. The smallest absolute Gasteiger partial charge is 0.248 e. The zero-order valence-corrected chi connectivity index (χ0v) is 8.15. The number of nitrogens with zero attached hydrogens (tertiary/aromatic N) is 1. The van der Waals surface area contributed by atoms with Crippen LogP contribution in [0.15, 0.2) is 0 Å². The summed E-state index contributed by atoms with van der Waals surface area (Å²) in [7, 11) is 0. The lowest BCUT2D eigenvalue weighted by molar-refractivity contribution is -0.122. The maximum absolute atomic E-state index is 11.0. The first kappa shape index (κ1) is 9.89. The summed E-state index contributed by atoms with van der Waals surface area (Å²) in [5, 5.41) is 9.66. The highest BCUT2D eigenvalue weighted by Crippen LogP contribution is 2.37. The zero-order chi connectivity index (χ0) is 10.1. The summed E-state index contributed by atoms with van der Waals surface area (Å²) < 4.78 is 0. The third-order valence-corrected chi connectivity index (χ3v) is 3.42. The van der Waals surface area contributed by atoms with Crippen LogP contribution in [-0.4, -0.2) is 41.7 Å². The number of fused-ring (bicyclic) bond motifs is 1. The van der Waals surface area contributed by atoms with Crippen molar-refractivity contribution >= 4 is 5.91 Å². The molecule has 5 nitrogen and oxygen atoms in total. The molecule has 3 atom stereocenters. The van der Waals surface area contributed by atoms with E-state index < -0.39 is 0 Å². The van der Waals surface area contributed by atoms with Crippen LogP contribution in [0.3, 0.4) is 0 Å². The van der Waals surface area contributed by atoms with Crippen molar-refractivity contribution in [2.75, 3.05) is 19.6 Å². The number of aliphatic hydroxyl groups excluding tert-OH is 1. The van der Waals surface area contributed by atoms with E-state index in [9.17, 15) is 9.90 Å². The lowest BCUT2D eigenvalue weighted by Crippen LogP contribution is -2.40. The highest BCUT2D eigenvalue weighted by Gasteiger charge is 2.41. The molecule has 0 spiro atoms. The van der Waals surface area contributed by atoms with E-state index >= 15 is 0 Å². The van der Waals surface area contributed by atoms with Crippen LogP contribution in [0.25, 0.3) is 0 Å². The van der Waals surface area contributed by atoms with E-state index in [0.717, 1.165) is 25.9 Å². The topological polar surface area (TPSA) is 78.6 Å². The molecule has 1 saturated carbocycles. The Bertz CT molecular complexity index is 234. The molecule has 0 aromatic rings. The molecular formula is C9H17N3O2. The van der Waals surface area contributed by atoms with Gasteiger partial charge in [0.2, 0.25) is 5.91 Å². The number of rotatable bonds is 2. The van der Waals surface area contributed by atoms with Gasteiger partial charge in [-0.3, -0.25) is 15.1 Å². The van der Waals surface area contributed by atoms with Gasteiger partial charge < -0.3 is 5.11 Å². The van der Waals surface area contributed by atoms with Gasteiger partial charge in [-0.05, 0) is 18.8 Å². The third kappa shape index (κ3) is 1.75. The molecule has 0 aromatic heterocycles. The lowest BCUT2D eigenvalue weighted by atomic mass is 10.00. The summed E-state index contributed by atoms with van der Waals surface area (Å²) in [5.41, 5.74) is 2.13. The van der Waals surface area contributed by atoms with Gasteiger partial charge in [0, 0.05) is 19.0 Å². The van der Waals surface area contributed by atoms with E-state index in [1.165, 1.54) is 0 Å². The van der Waals surface area contributed by atoms with Crippen molar-refractivity contribution in [3.63, 3.8) is 0 Å². The minimum absolute atomic E-state index is 0.153. The molecule has 3 unspecified atom stereocenters. The molecule has 1 amide bonds. The highest BCUT2D eigenvalue weighted by molar-refractivity contribution is 5.77. The molecule has 0 aromatic carbocycles. The van der Waals surface area contributed by atoms with Crippen molar-refractivity contribution in [1.29, 1.82) is 0 Å². The summed E-state index contributed by atoms with van der Waals surface area (Å²) in [6.07, 6.45) is 1.85. The van der Waals surface area contributed by atoms with Crippen molar-refractivity contribution in [2.24, 2.45) is 17.7 Å². The van der Waals surface area contributed by atoms with E-state index in [-0.39, 0.29) is 12.0 Å². The van der Waals surface area contributed by atoms with Gasteiger partial charge in [0.15, 0.2) is 0 Å². The van der Waals surface area contributed by atoms with Gasteiger partial charge in [-0.1, -0.05) is 0 Å². The average molecular weight is 199 g/mol. The summed E-state index contributed by atoms with van der Waals surface area (Å²) in [5.74, 6) is 5.82. The number of hydrazine groups is 1. The molecule has 4 N–H and O–H groups in total. The predicted molar refractivity (Wildman–Crippen MR) is 51.0 cm³/mol. The first-order valence-corrected chi connectivity index (χ1v) is 5.10. The van der Waals surface area contributed by atoms with Crippen LogP contribution in [-0.2, 0) is 4.79 Å². The Balaban J connectivity index is 1.86. The number of hydrogen-bond donors (Lipinski definition) is 3. The number of aliphatic hydroxyl groups is 1. The Morgan fingerprint density at radius 3 is 2.93 bits per heavy atom. The first-order chi connectivity index (χ1) is 6.70. The summed E-state index contributed by atoms with van der Waals surface area (Å²) in [6, 6.07) is 0. The van der Waals surface area contributed by atoms with Crippen LogP contribution in [0.2, 0.25) is 0 Å². The quantitative estimate of drug-likeness (QED) is 0.293. The standard InChI is InChI=1S/C9H17N3O2/c10-11-9(14)5-12-3-6-1-2-8(13)7(6)4-12/h6-8,13H,1-5,10H2,(H,11,14). The van der Waals surface area contributed by atoms with Crippen LogP contribution in [0, 0.1) is 11.8 Å². The number of carbonyl (C=O) groups excluding carboxylic acids is 1. The number of nitrogens with one attached hydrogen (secondary N) is 1. The molecular weight excluding hydrogens is 182 g/mol. The van der Waals surface area contributed by atoms with Gasteiger partial charge in [-0.2, -0.15) is 0 Å². The molecule has 1 saturated heterocycles. The van der Waals surface area contributed by atoms with E-state index in [2.05, 4.69) is 10.3 Å². The lowest BCUT2D eigenvalue weighted by Gasteiger charge is -2.16. The van der Waals surface area contributed by atoms with Crippen molar-refractivity contribution in [3.05, 3.63) is 0 Å². The molecule has 2 fully saturated rings. The molecule has 0 bridgehead atoms. The monoisotopic (exact) mass is 199 g/mol. The SMILES string of the molecule is NNC(=O)CN1CC2CCC(O)C2C1. The number of hydrogen-bond acceptors (Lipinski definition) is 4. The summed E-state index contributed by atoms with van der Waals surface area (Å²) >= 11 is 0. The molecule has 1 aliphatic heterocycles. The van der Waals surface area contributed by atoms with E-state index in [1.807, 2.05) is 0 Å². The Labute approximate surface area is 83.2 Å². The first-order valence-electron chi connectivity index (χ1n) is 5.10. The van der Waals surface area contributed by atoms with Crippen molar-refractivity contribution in [3.8, 4) is 0 Å². The molecule has 80 valence electrons. The molecule has 2 rings (SSSR count). The summed E-state index contributed by atoms with van der Waals surface area (Å²) in [4.78, 5) is 13.1. The van der Waals surface area contributed by atoms with E-state index in [4.69, 9.17) is 5.84 Å². The number of amides is 1. The zero-order valence-electron chi connectivity index (χ0n) is 8.15. The van der Waals surface area contributed by atoms with Gasteiger partial charge in [0.05, 0.1) is 12.6 Å². The van der Waals surface area contributed by atoms with Crippen molar-refractivity contribution < 1.29 is 9.90 Å². The Kier molecular flexibility index (Phi) is 2.71. The normalized spacial score (nSPS) is 37.1. The number of nitrogens with two attached hydrogens (primary N) is 1. The minimum atomic E-state index is -0.161. The second-order valence-corrected chi connectivity index (χ2v) is 4.33. The maximum Gasteiger partial charge on any atom is 0.248 e. The van der Waals surface area contributed by atoms with Crippen LogP contribution >= 0.6 is 0 Å². The van der Waals surface area contributed by atoms with Crippen LogP contribution in [0.4, 0.5) is 0 Å².